The van der Waals surface area contributed by atoms with E-state index in [1.807, 2.05) is 47.3 Å². The molecule has 2 N–H and O–H groups in total. The van der Waals surface area contributed by atoms with Gasteiger partial charge in [0.15, 0.2) is 0 Å². The third kappa shape index (κ3) is 5.80. The quantitative estimate of drug-likeness (QED) is 0.178. The third-order valence-electron chi connectivity index (χ3n) is 8.50. The lowest BCUT2D eigenvalue weighted by Crippen LogP contribution is -2.63. The summed E-state index contributed by atoms with van der Waals surface area (Å²) in [6.07, 6.45) is 5.86. The number of nitrogens with one attached hydrogen (secondary N) is 2. The summed E-state index contributed by atoms with van der Waals surface area (Å²) in [5.74, 6) is -0.534. The van der Waals surface area contributed by atoms with E-state index in [0.717, 1.165) is 24.3 Å². The lowest BCUT2D eigenvalue weighted by atomic mass is 9.95. The molecular formula is C33H29Cl2FN8O. The van der Waals surface area contributed by atoms with Crippen molar-refractivity contribution in [3.63, 3.8) is 0 Å². The highest BCUT2D eigenvalue weighted by molar-refractivity contribution is 6.36. The molecule has 2 aliphatic heterocycles. The predicted molar refractivity (Wildman–Crippen MR) is 172 cm³/mol. The van der Waals surface area contributed by atoms with Gasteiger partial charge in [-0.1, -0.05) is 58.7 Å². The number of aromatic nitrogens is 4. The van der Waals surface area contributed by atoms with Crippen molar-refractivity contribution >= 4 is 51.2 Å². The Morgan fingerprint density at radius 2 is 1.80 bits per heavy atom. The number of nitrogens with zero attached hydrogens (tertiary/aromatic N) is 6. The largest absolute Gasteiger partial charge is 0.377 e. The SMILES string of the molecule is N#Cc1cnc2c(Cl)cc(N[C@@H](c3ccccc3)c3cn(CC4(N5CCCC5)COC4)nn3)cc2c1Nc1ccc(F)c(Cl)c1. The van der Waals surface area contributed by atoms with Gasteiger partial charge in [-0.25, -0.2) is 4.39 Å². The molecule has 0 aliphatic carbocycles. The number of halogens is 3. The molecule has 2 aromatic heterocycles. The molecule has 0 radical (unpaired) electrons. The van der Waals surface area contributed by atoms with E-state index in [1.54, 1.807) is 12.1 Å². The van der Waals surface area contributed by atoms with Crippen molar-refractivity contribution in [1.29, 1.82) is 5.26 Å². The van der Waals surface area contributed by atoms with Crippen LogP contribution in [0.3, 0.4) is 0 Å². The molecule has 0 unspecified atom stereocenters. The smallest absolute Gasteiger partial charge is 0.141 e. The van der Waals surface area contributed by atoms with Crippen molar-refractivity contribution in [2.45, 2.75) is 31.0 Å². The van der Waals surface area contributed by atoms with Crippen LogP contribution >= 0.6 is 23.2 Å². The molecule has 3 aromatic carbocycles. The number of fused-ring (bicyclic) bond motifs is 1. The summed E-state index contributed by atoms with van der Waals surface area (Å²) in [5, 5.41) is 26.9. The molecular weight excluding hydrogens is 614 g/mol. The molecule has 4 heterocycles. The van der Waals surface area contributed by atoms with Crippen molar-refractivity contribution in [2.24, 2.45) is 0 Å². The fourth-order valence-electron chi connectivity index (χ4n) is 6.15. The van der Waals surface area contributed by atoms with E-state index >= 15 is 0 Å². The second-order valence-corrected chi connectivity index (χ2v) is 12.3. The number of benzene rings is 3. The number of hydrogen-bond acceptors (Lipinski definition) is 8. The van der Waals surface area contributed by atoms with Crippen LogP contribution in [0.1, 0.15) is 35.7 Å². The van der Waals surface area contributed by atoms with Gasteiger partial charge in [-0.15, -0.1) is 5.10 Å². The second kappa shape index (κ2) is 12.3. The van der Waals surface area contributed by atoms with Crippen LogP contribution in [0.2, 0.25) is 10.0 Å². The minimum absolute atomic E-state index is 0.0350. The molecule has 9 nitrogen and oxygen atoms in total. The van der Waals surface area contributed by atoms with E-state index in [-0.39, 0.29) is 16.6 Å². The topological polar surface area (TPSA) is 104 Å². The standard InChI is InChI=1S/C33H29Cl2FN8O/c34-26-13-23(8-9-28(26)36)39-30-22(15-37)16-38-32-25(30)12-24(14-27(32)35)40-31(21-6-2-1-3-7-21)29-17-44(42-41-29)18-33(19-45-20-33)43-10-4-5-11-43/h1-3,6-9,12-14,16-17,31,40H,4-5,10-11,18-20H2,(H,38,39)/t31-/m0/s1. The van der Waals surface area contributed by atoms with Crippen molar-refractivity contribution in [1.82, 2.24) is 24.9 Å². The highest BCUT2D eigenvalue weighted by Gasteiger charge is 2.45. The van der Waals surface area contributed by atoms with Crippen LogP contribution in [0.25, 0.3) is 10.9 Å². The minimum atomic E-state index is -0.534. The average molecular weight is 644 g/mol. The zero-order chi connectivity index (χ0) is 31.0. The van der Waals surface area contributed by atoms with Gasteiger partial charge >= 0.3 is 0 Å². The van der Waals surface area contributed by atoms with Crippen molar-refractivity contribution in [3.05, 3.63) is 106 Å². The molecule has 0 amide bonds. The Hall–Kier alpha value is -4.27. The summed E-state index contributed by atoms with van der Waals surface area (Å²) in [4.78, 5) is 6.98. The summed E-state index contributed by atoms with van der Waals surface area (Å²) >= 11 is 12.8. The van der Waals surface area contributed by atoms with E-state index in [4.69, 9.17) is 27.9 Å². The maximum Gasteiger partial charge on any atom is 0.141 e. The molecule has 2 aliphatic rings. The number of rotatable bonds is 9. The highest BCUT2D eigenvalue weighted by atomic mass is 35.5. The van der Waals surface area contributed by atoms with E-state index in [2.05, 4.69) is 36.9 Å². The first-order chi connectivity index (χ1) is 21.9. The second-order valence-electron chi connectivity index (χ2n) is 11.5. The van der Waals surface area contributed by atoms with E-state index in [0.29, 0.717) is 58.3 Å². The van der Waals surface area contributed by atoms with Crippen LogP contribution in [-0.4, -0.2) is 56.7 Å². The van der Waals surface area contributed by atoms with E-state index in [9.17, 15) is 9.65 Å². The van der Waals surface area contributed by atoms with Gasteiger partial charge in [0, 0.05) is 23.0 Å². The van der Waals surface area contributed by atoms with Crippen molar-refractivity contribution in [2.75, 3.05) is 36.9 Å². The summed E-state index contributed by atoms with van der Waals surface area (Å²) in [6.45, 7) is 4.24. The number of hydrogen-bond donors (Lipinski definition) is 2. The first-order valence-electron chi connectivity index (χ1n) is 14.7. The van der Waals surface area contributed by atoms with Crippen LogP contribution in [-0.2, 0) is 11.3 Å². The van der Waals surface area contributed by atoms with Crippen LogP contribution in [0.5, 0.6) is 0 Å². The van der Waals surface area contributed by atoms with Crippen LogP contribution < -0.4 is 10.6 Å². The van der Waals surface area contributed by atoms with Gasteiger partial charge in [0.2, 0.25) is 0 Å². The average Bonchev–Trinajstić information content (AvgIpc) is 3.73. The van der Waals surface area contributed by atoms with E-state index in [1.165, 1.54) is 31.2 Å². The molecule has 228 valence electrons. The van der Waals surface area contributed by atoms with E-state index < -0.39 is 5.82 Å². The molecule has 45 heavy (non-hydrogen) atoms. The fraction of sp³-hybridized carbons (Fsp3) is 0.273. The number of nitriles is 1. The van der Waals surface area contributed by atoms with Gasteiger partial charge in [0.25, 0.3) is 0 Å². The zero-order valence-corrected chi connectivity index (χ0v) is 25.7. The van der Waals surface area contributed by atoms with Crippen molar-refractivity contribution < 1.29 is 9.13 Å². The van der Waals surface area contributed by atoms with Crippen LogP contribution in [0.15, 0.2) is 73.1 Å². The Morgan fingerprint density at radius 1 is 1.02 bits per heavy atom. The Labute approximate surface area is 269 Å². The number of pyridine rings is 1. The third-order valence-corrected chi connectivity index (χ3v) is 9.08. The Kier molecular flexibility index (Phi) is 8.02. The number of anilines is 3. The molecule has 2 fully saturated rings. The van der Waals surface area contributed by atoms with Gasteiger partial charge in [-0.2, -0.15) is 5.26 Å². The molecule has 7 rings (SSSR count). The number of likely N-dealkylation sites (tertiary alicyclic amines) is 1. The van der Waals surface area contributed by atoms with Gasteiger partial charge in [0.05, 0.1) is 64.3 Å². The highest BCUT2D eigenvalue weighted by Crippen LogP contribution is 2.37. The minimum Gasteiger partial charge on any atom is -0.377 e. The molecule has 1 atom stereocenters. The van der Waals surface area contributed by atoms with Gasteiger partial charge in [-0.05, 0) is 61.8 Å². The lowest BCUT2D eigenvalue weighted by Gasteiger charge is -2.47. The maximum atomic E-state index is 13.9. The van der Waals surface area contributed by atoms with Gasteiger partial charge in [-0.3, -0.25) is 14.6 Å². The Balaban J connectivity index is 1.24. The molecule has 0 saturated carbocycles. The summed E-state index contributed by atoms with van der Waals surface area (Å²) in [5.41, 5.74) is 4.18. The van der Waals surface area contributed by atoms with Crippen LogP contribution in [0, 0.1) is 17.1 Å². The molecule has 0 spiro atoms. The summed E-state index contributed by atoms with van der Waals surface area (Å²) in [7, 11) is 0. The first kappa shape index (κ1) is 29.4. The lowest BCUT2D eigenvalue weighted by molar-refractivity contribution is -0.143. The maximum absolute atomic E-state index is 13.9. The van der Waals surface area contributed by atoms with Gasteiger partial charge in [0.1, 0.15) is 17.6 Å². The fourth-order valence-corrected chi connectivity index (χ4v) is 6.60. The predicted octanol–water partition coefficient (Wildman–Crippen LogP) is 6.95. The first-order valence-corrected chi connectivity index (χ1v) is 15.5. The van der Waals surface area contributed by atoms with Gasteiger partial charge < -0.3 is 15.4 Å². The summed E-state index contributed by atoms with van der Waals surface area (Å²) < 4.78 is 21.4. The Morgan fingerprint density at radius 3 is 2.51 bits per heavy atom. The molecule has 5 aromatic rings. The van der Waals surface area contributed by atoms with Crippen LogP contribution in [0.4, 0.5) is 21.5 Å². The Bertz CT molecular complexity index is 1900. The molecule has 2 saturated heterocycles. The normalized spacial score (nSPS) is 16.7. The molecule has 0 bridgehead atoms. The summed E-state index contributed by atoms with van der Waals surface area (Å²) in [6, 6.07) is 19.8. The zero-order valence-electron chi connectivity index (χ0n) is 24.2. The van der Waals surface area contributed by atoms with Crippen molar-refractivity contribution in [3.8, 4) is 6.07 Å². The monoisotopic (exact) mass is 642 g/mol. The number of ether oxygens (including phenoxy) is 1. The molecule has 12 heteroatoms.